The molecule has 0 bridgehead atoms. The van der Waals surface area contributed by atoms with Crippen LogP contribution in [0.1, 0.15) is 62.1 Å². The highest BCUT2D eigenvalue weighted by atomic mass is 19.3. The molecular formula is C30H37F2N5O4. The van der Waals surface area contributed by atoms with Crippen LogP contribution >= 0.6 is 0 Å². The van der Waals surface area contributed by atoms with Crippen molar-refractivity contribution in [1.29, 1.82) is 0 Å². The number of hydrogen-bond donors (Lipinski definition) is 2. The fraction of sp³-hybridized carbons (Fsp3) is 0.533. The van der Waals surface area contributed by atoms with Gasteiger partial charge >= 0.3 is 6.09 Å². The van der Waals surface area contributed by atoms with Crippen LogP contribution in [0.15, 0.2) is 36.5 Å². The number of nitrogens with zero attached hydrogens (tertiary/aromatic N) is 4. The molecule has 3 aromatic rings. The van der Waals surface area contributed by atoms with Gasteiger partial charge in [-0.1, -0.05) is 12.1 Å². The fourth-order valence-corrected chi connectivity index (χ4v) is 6.57. The molecule has 2 N–H and O–H groups in total. The van der Waals surface area contributed by atoms with Gasteiger partial charge in [0, 0.05) is 55.4 Å². The van der Waals surface area contributed by atoms with Gasteiger partial charge in [0.25, 0.3) is 5.92 Å². The number of nitrogens with one attached hydrogen (secondary N) is 1. The third-order valence-electron chi connectivity index (χ3n) is 8.56. The van der Waals surface area contributed by atoms with Crippen molar-refractivity contribution in [3.63, 3.8) is 0 Å². The minimum absolute atomic E-state index is 0.00494. The second-order valence-electron chi connectivity index (χ2n) is 11.7. The lowest BCUT2D eigenvalue weighted by atomic mass is 9.83. The van der Waals surface area contributed by atoms with E-state index in [0.717, 1.165) is 66.1 Å². The van der Waals surface area contributed by atoms with Crippen LogP contribution in [-0.2, 0) is 11.2 Å². The Morgan fingerprint density at radius 3 is 2.68 bits per heavy atom. The van der Waals surface area contributed by atoms with Gasteiger partial charge in [-0.05, 0) is 55.9 Å². The number of benzene rings is 2. The molecule has 11 heteroatoms. The molecule has 1 amide bonds. The molecule has 4 heterocycles. The Bertz CT molecular complexity index is 1430. The molecule has 2 saturated heterocycles. The zero-order chi connectivity index (χ0) is 28.9. The number of fused-ring (bicyclic) bond motifs is 3. The summed E-state index contributed by atoms with van der Waals surface area (Å²) in [7, 11) is 1.58. The summed E-state index contributed by atoms with van der Waals surface area (Å²) in [4.78, 5) is 14.4. The molecule has 41 heavy (non-hydrogen) atoms. The molecular weight excluding hydrogens is 532 g/mol. The summed E-state index contributed by atoms with van der Waals surface area (Å²) in [5.41, 5.74) is 4.68. The largest absolute Gasteiger partial charge is 0.496 e. The number of methoxy groups -OCH3 is 1. The van der Waals surface area contributed by atoms with Gasteiger partial charge in [0.05, 0.1) is 37.5 Å². The summed E-state index contributed by atoms with van der Waals surface area (Å²) in [5, 5.41) is 18.2. The van der Waals surface area contributed by atoms with E-state index in [9.17, 15) is 13.6 Å². The molecule has 2 aromatic carbocycles. The zero-order valence-corrected chi connectivity index (χ0v) is 23.6. The molecule has 3 aliphatic heterocycles. The molecule has 3 atom stereocenters. The predicted octanol–water partition coefficient (Wildman–Crippen LogP) is 5.51. The van der Waals surface area contributed by atoms with E-state index in [1.165, 1.54) is 4.90 Å². The van der Waals surface area contributed by atoms with E-state index >= 15 is 0 Å². The molecule has 0 radical (unpaired) electrons. The number of halogens is 2. The van der Waals surface area contributed by atoms with Crippen molar-refractivity contribution in [2.45, 2.75) is 69.8 Å². The number of carboxylic acid groups (broad SMARTS) is 1. The van der Waals surface area contributed by atoms with Gasteiger partial charge in [-0.2, -0.15) is 5.10 Å². The minimum Gasteiger partial charge on any atom is -0.496 e. The van der Waals surface area contributed by atoms with Crippen LogP contribution in [0.2, 0.25) is 0 Å². The molecule has 1 unspecified atom stereocenters. The van der Waals surface area contributed by atoms with Gasteiger partial charge in [0.1, 0.15) is 5.75 Å². The highest BCUT2D eigenvalue weighted by Crippen LogP contribution is 2.45. The molecule has 2 fully saturated rings. The second-order valence-corrected chi connectivity index (χ2v) is 11.7. The third-order valence-corrected chi connectivity index (χ3v) is 8.56. The molecule has 6 rings (SSSR count). The van der Waals surface area contributed by atoms with E-state index in [-0.39, 0.29) is 24.9 Å². The van der Waals surface area contributed by atoms with Crippen LogP contribution < -0.4 is 10.1 Å². The summed E-state index contributed by atoms with van der Waals surface area (Å²) in [6, 6.07) is 9.22. The van der Waals surface area contributed by atoms with Gasteiger partial charge in [-0.25, -0.2) is 18.3 Å². The fourth-order valence-electron chi connectivity index (χ4n) is 6.57. The number of likely N-dealkylation sites (tertiary alicyclic amines) is 1. The van der Waals surface area contributed by atoms with Crippen LogP contribution in [0.25, 0.3) is 10.9 Å². The molecule has 3 aliphatic rings. The highest BCUT2D eigenvalue weighted by Gasteiger charge is 2.40. The number of aromatic nitrogens is 2. The lowest BCUT2D eigenvalue weighted by Crippen LogP contribution is -2.56. The molecule has 1 aromatic heterocycles. The van der Waals surface area contributed by atoms with Crippen LogP contribution in [0, 0.1) is 0 Å². The number of hydrogen-bond acceptors (Lipinski definition) is 6. The standard InChI is InChI=1S/C30H37F2N5O4/c1-18-12-23-21(9-10-25-24(23)14-33-37(25)27-6-4-5-11-41-27)28(36(18)17-30(2,31)32)22-8-7-19(13-26(22)40-3)34-20-15-35(16-20)29(38)39/h7-10,13-14,18,20,27-28,34H,4-6,11-12,15-17H2,1-3H3,(H,38,39)/t18-,27?,28+/m1/s1. The van der Waals surface area contributed by atoms with E-state index in [1.807, 2.05) is 47.0 Å². The maximum Gasteiger partial charge on any atom is 0.407 e. The summed E-state index contributed by atoms with van der Waals surface area (Å²) in [6.45, 7) is 4.11. The number of anilines is 1. The minimum atomic E-state index is -2.88. The Labute approximate surface area is 238 Å². The lowest BCUT2D eigenvalue weighted by molar-refractivity contribution is -0.0371. The van der Waals surface area contributed by atoms with Gasteiger partial charge in [0.15, 0.2) is 6.23 Å². The van der Waals surface area contributed by atoms with Crippen molar-refractivity contribution in [3.05, 3.63) is 53.2 Å². The van der Waals surface area contributed by atoms with E-state index < -0.39 is 18.1 Å². The van der Waals surface area contributed by atoms with E-state index in [2.05, 4.69) is 11.4 Å². The van der Waals surface area contributed by atoms with Crippen molar-refractivity contribution >= 4 is 22.7 Å². The first-order valence-corrected chi connectivity index (χ1v) is 14.3. The molecule has 220 valence electrons. The number of ether oxygens (including phenoxy) is 2. The summed E-state index contributed by atoms with van der Waals surface area (Å²) in [5.74, 6) is -2.29. The van der Waals surface area contributed by atoms with Gasteiger partial charge in [-0.3, -0.25) is 4.90 Å². The summed E-state index contributed by atoms with van der Waals surface area (Å²) < 4.78 is 43.0. The zero-order valence-electron chi connectivity index (χ0n) is 23.6. The lowest BCUT2D eigenvalue weighted by Gasteiger charge is -2.44. The number of carbonyl (C=O) groups is 1. The molecule has 0 spiro atoms. The normalized spacial score (nSPS) is 23.7. The summed E-state index contributed by atoms with van der Waals surface area (Å²) >= 11 is 0. The van der Waals surface area contributed by atoms with Gasteiger partial charge < -0.3 is 24.8 Å². The molecule has 9 nitrogen and oxygen atoms in total. The van der Waals surface area contributed by atoms with Crippen molar-refractivity contribution < 1.29 is 28.2 Å². The van der Waals surface area contributed by atoms with E-state index in [0.29, 0.717) is 25.3 Å². The topological polar surface area (TPSA) is 92.1 Å². The van der Waals surface area contributed by atoms with Crippen LogP contribution in [0.5, 0.6) is 5.75 Å². The summed E-state index contributed by atoms with van der Waals surface area (Å²) in [6.07, 6.45) is 4.56. The van der Waals surface area contributed by atoms with E-state index in [4.69, 9.17) is 19.7 Å². The average molecular weight is 570 g/mol. The average Bonchev–Trinajstić information content (AvgIpc) is 3.35. The maximum absolute atomic E-state index is 14.6. The van der Waals surface area contributed by atoms with Gasteiger partial charge in [0.2, 0.25) is 0 Å². The first-order chi connectivity index (χ1) is 19.6. The Morgan fingerprint density at radius 1 is 1.22 bits per heavy atom. The van der Waals surface area contributed by atoms with Crippen molar-refractivity contribution in [2.75, 3.05) is 38.7 Å². The molecule has 0 aliphatic carbocycles. The van der Waals surface area contributed by atoms with E-state index in [1.54, 1.807) is 7.11 Å². The van der Waals surface area contributed by atoms with Crippen molar-refractivity contribution in [1.82, 2.24) is 19.6 Å². The monoisotopic (exact) mass is 569 g/mol. The Balaban J connectivity index is 1.39. The number of rotatable bonds is 7. The first kappa shape index (κ1) is 27.7. The van der Waals surface area contributed by atoms with Crippen LogP contribution in [0.4, 0.5) is 19.3 Å². The van der Waals surface area contributed by atoms with Crippen LogP contribution in [-0.4, -0.2) is 82.1 Å². The third kappa shape index (κ3) is 5.32. The Hall–Kier alpha value is -3.44. The smallest absolute Gasteiger partial charge is 0.407 e. The number of alkyl halides is 2. The highest BCUT2D eigenvalue weighted by molar-refractivity contribution is 5.84. The van der Waals surface area contributed by atoms with Crippen molar-refractivity contribution in [3.8, 4) is 5.75 Å². The van der Waals surface area contributed by atoms with Gasteiger partial charge in [-0.15, -0.1) is 0 Å². The van der Waals surface area contributed by atoms with Crippen LogP contribution in [0.3, 0.4) is 0 Å². The predicted molar refractivity (Wildman–Crippen MR) is 151 cm³/mol. The maximum atomic E-state index is 14.6. The Morgan fingerprint density at radius 2 is 2.00 bits per heavy atom. The SMILES string of the molecule is COc1cc(NC2CN(C(=O)O)C2)ccc1[C@@H]1c2ccc3c(cnn3C3CCCCO3)c2C[C@@H](C)N1CC(C)(F)F. The molecule has 0 saturated carbocycles. The second kappa shape index (κ2) is 10.8. The first-order valence-electron chi connectivity index (χ1n) is 14.3. The Kier molecular flexibility index (Phi) is 7.27. The quantitative estimate of drug-likeness (QED) is 0.388. The number of amides is 1. The van der Waals surface area contributed by atoms with Crippen molar-refractivity contribution in [2.24, 2.45) is 0 Å².